The van der Waals surface area contributed by atoms with Gasteiger partial charge in [0.05, 0.1) is 17.0 Å². The van der Waals surface area contributed by atoms with Crippen LogP contribution >= 0.6 is 0 Å². The molecule has 0 radical (unpaired) electrons. The SMILES string of the molecule is CCCCCCCCCCC(C)C(=O)O.c1cnc2c(c1)ccc1cccnc12. The third-order valence-corrected chi connectivity index (χ3v) is 5.26. The molecular formula is C25H34N2O2. The number of aliphatic carboxylic acids is 1. The maximum absolute atomic E-state index is 10.5. The van der Waals surface area contributed by atoms with Crippen molar-refractivity contribution in [2.45, 2.75) is 71.6 Å². The number of hydrogen-bond acceptors (Lipinski definition) is 3. The van der Waals surface area contributed by atoms with Crippen LogP contribution in [0.1, 0.15) is 71.6 Å². The van der Waals surface area contributed by atoms with Gasteiger partial charge in [-0.3, -0.25) is 14.8 Å². The van der Waals surface area contributed by atoms with Gasteiger partial charge in [0.15, 0.2) is 0 Å². The first-order valence-electron chi connectivity index (χ1n) is 10.9. The number of nitrogens with zero attached hydrogens (tertiary/aromatic N) is 2. The number of carboxylic acids is 1. The van der Waals surface area contributed by atoms with Crippen LogP contribution in [0, 0.1) is 5.92 Å². The first kappa shape index (κ1) is 22.8. The van der Waals surface area contributed by atoms with Gasteiger partial charge < -0.3 is 5.11 Å². The number of hydrogen-bond donors (Lipinski definition) is 1. The van der Waals surface area contributed by atoms with Crippen LogP contribution in [0.25, 0.3) is 21.8 Å². The average Bonchev–Trinajstić information content (AvgIpc) is 2.75. The van der Waals surface area contributed by atoms with E-state index in [2.05, 4.69) is 41.2 Å². The van der Waals surface area contributed by atoms with Crippen molar-refractivity contribution in [3.05, 3.63) is 48.8 Å². The topological polar surface area (TPSA) is 63.1 Å². The summed E-state index contributed by atoms with van der Waals surface area (Å²) in [5.41, 5.74) is 1.95. The maximum atomic E-state index is 10.5. The van der Waals surface area contributed by atoms with E-state index in [0.29, 0.717) is 0 Å². The van der Waals surface area contributed by atoms with Gasteiger partial charge in [-0.05, 0) is 18.6 Å². The predicted octanol–water partition coefficient (Wildman–Crippen LogP) is 7.02. The lowest BCUT2D eigenvalue weighted by atomic mass is 10.0. The molecule has 0 aliphatic heterocycles. The van der Waals surface area contributed by atoms with E-state index in [0.717, 1.165) is 34.6 Å². The molecule has 4 heteroatoms. The Bertz CT molecular complexity index is 824. The number of carbonyl (C=O) groups is 1. The minimum Gasteiger partial charge on any atom is -0.481 e. The van der Waals surface area contributed by atoms with E-state index in [1.165, 1.54) is 44.9 Å². The highest BCUT2D eigenvalue weighted by Gasteiger charge is 2.09. The summed E-state index contributed by atoms with van der Waals surface area (Å²) in [6.07, 6.45) is 14.7. The van der Waals surface area contributed by atoms with Crippen molar-refractivity contribution in [1.29, 1.82) is 0 Å². The van der Waals surface area contributed by atoms with Crippen LogP contribution in [0.3, 0.4) is 0 Å². The highest BCUT2D eigenvalue weighted by Crippen LogP contribution is 2.20. The first-order valence-corrected chi connectivity index (χ1v) is 10.9. The quantitative estimate of drug-likeness (QED) is 0.296. The molecule has 0 saturated heterocycles. The second kappa shape index (κ2) is 12.9. The average molecular weight is 395 g/mol. The Kier molecular flexibility index (Phi) is 10.1. The van der Waals surface area contributed by atoms with Gasteiger partial charge in [0.2, 0.25) is 0 Å². The highest BCUT2D eigenvalue weighted by molar-refractivity contribution is 6.02. The highest BCUT2D eigenvalue weighted by atomic mass is 16.4. The van der Waals surface area contributed by atoms with E-state index in [9.17, 15) is 4.79 Å². The molecule has 1 aromatic carbocycles. The Morgan fingerprint density at radius 1 is 0.828 bits per heavy atom. The van der Waals surface area contributed by atoms with Gasteiger partial charge in [-0.1, -0.05) is 89.5 Å². The van der Waals surface area contributed by atoms with E-state index in [4.69, 9.17) is 5.11 Å². The van der Waals surface area contributed by atoms with Crippen molar-refractivity contribution < 1.29 is 9.90 Å². The monoisotopic (exact) mass is 394 g/mol. The second-order valence-corrected chi connectivity index (χ2v) is 7.72. The minimum atomic E-state index is -0.655. The van der Waals surface area contributed by atoms with Crippen LogP contribution in [0.5, 0.6) is 0 Å². The van der Waals surface area contributed by atoms with Gasteiger partial charge in [-0.25, -0.2) is 0 Å². The third kappa shape index (κ3) is 7.80. The zero-order chi connectivity index (χ0) is 20.9. The molecule has 0 aliphatic rings. The summed E-state index contributed by atoms with van der Waals surface area (Å²) in [6.45, 7) is 4.02. The van der Waals surface area contributed by atoms with Gasteiger partial charge in [0, 0.05) is 23.2 Å². The van der Waals surface area contributed by atoms with Crippen molar-refractivity contribution in [1.82, 2.24) is 9.97 Å². The third-order valence-electron chi connectivity index (χ3n) is 5.26. The van der Waals surface area contributed by atoms with Crippen LogP contribution < -0.4 is 0 Å². The van der Waals surface area contributed by atoms with Crippen LogP contribution in [0.2, 0.25) is 0 Å². The van der Waals surface area contributed by atoms with Crippen molar-refractivity contribution in [2.24, 2.45) is 5.92 Å². The van der Waals surface area contributed by atoms with Crippen LogP contribution in [0.15, 0.2) is 48.8 Å². The molecule has 4 nitrogen and oxygen atoms in total. The number of benzene rings is 1. The fraction of sp³-hybridized carbons (Fsp3) is 0.480. The van der Waals surface area contributed by atoms with E-state index in [-0.39, 0.29) is 5.92 Å². The lowest BCUT2D eigenvalue weighted by Crippen LogP contribution is -2.08. The lowest BCUT2D eigenvalue weighted by Gasteiger charge is -2.05. The number of rotatable bonds is 10. The molecule has 0 bridgehead atoms. The predicted molar refractivity (Wildman–Crippen MR) is 121 cm³/mol. The van der Waals surface area contributed by atoms with Crippen LogP contribution in [-0.2, 0) is 4.79 Å². The Labute approximate surface area is 174 Å². The summed E-state index contributed by atoms with van der Waals surface area (Å²) in [4.78, 5) is 19.2. The normalized spacial score (nSPS) is 11.8. The first-order chi connectivity index (χ1) is 14.1. The molecule has 0 amide bonds. The number of carboxylic acid groups (broad SMARTS) is 1. The van der Waals surface area contributed by atoms with Crippen molar-refractivity contribution in [3.63, 3.8) is 0 Å². The number of aromatic nitrogens is 2. The molecule has 0 aliphatic carbocycles. The van der Waals surface area contributed by atoms with Gasteiger partial charge >= 0.3 is 5.97 Å². The van der Waals surface area contributed by atoms with E-state index in [1.807, 2.05) is 12.1 Å². The van der Waals surface area contributed by atoms with Crippen LogP contribution in [0.4, 0.5) is 0 Å². The molecule has 1 N–H and O–H groups in total. The summed E-state index contributed by atoms with van der Waals surface area (Å²) in [5.74, 6) is -0.817. The minimum absolute atomic E-state index is 0.162. The van der Waals surface area contributed by atoms with Crippen LogP contribution in [-0.4, -0.2) is 21.0 Å². The standard InChI is InChI=1S/C13H26O2.C12H8N2/c1-3-4-5-6-7-8-9-10-11-12(2)13(14)15;1-3-9-5-6-10-4-2-8-14-12(10)11(9)13-7-1/h12H,3-11H2,1-2H3,(H,14,15);1-8H. The summed E-state index contributed by atoms with van der Waals surface area (Å²) < 4.78 is 0. The maximum Gasteiger partial charge on any atom is 0.306 e. The Morgan fingerprint density at radius 3 is 1.79 bits per heavy atom. The number of unbranched alkanes of at least 4 members (excludes halogenated alkanes) is 7. The smallest absolute Gasteiger partial charge is 0.306 e. The van der Waals surface area contributed by atoms with Gasteiger partial charge in [-0.15, -0.1) is 0 Å². The van der Waals surface area contributed by atoms with Gasteiger partial charge in [0.1, 0.15) is 0 Å². The molecule has 2 heterocycles. The molecule has 0 fully saturated rings. The zero-order valence-electron chi connectivity index (χ0n) is 17.8. The van der Waals surface area contributed by atoms with E-state index >= 15 is 0 Å². The Morgan fingerprint density at radius 2 is 1.31 bits per heavy atom. The summed E-state index contributed by atoms with van der Waals surface area (Å²) >= 11 is 0. The number of pyridine rings is 2. The number of fused-ring (bicyclic) bond motifs is 3. The van der Waals surface area contributed by atoms with E-state index < -0.39 is 5.97 Å². The fourth-order valence-corrected chi connectivity index (χ4v) is 3.39. The summed E-state index contributed by atoms with van der Waals surface area (Å²) in [6, 6.07) is 12.1. The molecule has 1 atom stereocenters. The van der Waals surface area contributed by atoms with Gasteiger partial charge in [0.25, 0.3) is 0 Å². The molecule has 3 rings (SSSR count). The zero-order valence-corrected chi connectivity index (χ0v) is 17.8. The molecule has 3 aromatic rings. The molecule has 2 aromatic heterocycles. The molecule has 1 unspecified atom stereocenters. The van der Waals surface area contributed by atoms with Crippen molar-refractivity contribution in [2.75, 3.05) is 0 Å². The fourth-order valence-electron chi connectivity index (χ4n) is 3.39. The molecule has 0 spiro atoms. The Hall–Kier alpha value is -2.49. The second-order valence-electron chi connectivity index (χ2n) is 7.72. The largest absolute Gasteiger partial charge is 0.481 e. The molecule has 29 heavy (non-hydrogen) atoms. The molecular weight excluding hydrogens is 360 g/mol. The Balaban J connectivity index is 0.000000207. The molecule has 0 saturated carbocycles. The lowest BCUT2D eigenvalue weighted by molar-refractivity contribution is -0.141. The van der Waals surface area contributed by atoms with Gasteiger partial charge in [-0.2, -0.15) is 0 Å². The van der Waals surface area contributed by atoms with Crippen molar-refractivity contribution >= 4 is 27.8 Å². The van der Waals surface area contributed by atoms with Crippen molar-refractivity contribution in [3.8, 4) is 0 Å². The molecule has 156 valence electrons. The summed E-state index contributed by atoms with van der Waals surface area (Å²) in [7, 11) is 0. The summed E-state index contributed by atoms with van der Waals surface area (Å²) in [5, 5.41) is 11.0. The van der Waals surface area contributed by atoms with E-state index in [1.54, 1.807) is 19.3 Å².